The zero-order chi connectivity index (χ0) is 27.8. The van der Waals surface area contributed by atoms with Crippen molar-refractivity contribution in [2.45, 2.75) is 56.1 Å². The molecule has 210 valence electrons. The van der Waals surface area contributed by atoms with Crippen LogP contribution in [-0.2, 0) is 32.6 Å². The molecular formula is C29H35Br2N3O4S. The second kappa shape index (κ2) is 14.1. The van der Waals surface area contributed by atoms with Crippen LogP contribution in [0, 0.1) is 0 Å². The number of amides is 1. The van der Waals surface area contributed by atoms with E-state index in [1.54, 1.807) is 24.3 Å². The molecule has 1 aliphatic carbocycles. The first-order valence-corrected chi connectivity index (χ1v) is 16.2. The Labute approximate surface area is 248 Å². The van der Waals surface area contributed by atoms with Crippen molar-refractivity contribution in [3.8, 4) is 0 Å². The van der Waals surface area contributed by atoms with E-state index in [4.69, 9.17) is 4.74 Å². The summed E-state index contributed by atoms with van der Waals surface area (Å²) in [6, 6.07) is 18.8. The zero-order valence-electron chi connectivity index (χ0n) is 22.1. The molecule has 0 radical (unpaired) electrons. The number of carbonyl (C=O) groups is 1. The first kappa shape index (κ1) is 30.0. The van der Waals surface area contributed by atoms with Crippen molar-refractivity contribution < 1.29 is 17.9 Å². The lowest BCUT2D eigenvalue weighted by Gasteiger charge is -2.36. The number of hydrogen-bond acceptors (Lipinski definition) is 4. The summed E-state index contributed by atoms with van der Waals surface area (Å²) in [5, 5.41) is 0. The van der Waals surface area contributed by atoms with E-state index in [9.17, 15) is 13.2 Å². The molecule has 0 bridgehead atoms. The third kappa shape index (κ3) is 8.04. The highest BCUT2D eigenvalue weighted by atomic mass is 79.9. The Morgan fingerprint density at radius 1 is 0.974 bits per heavy atom. The van der Waals surface area contributed by atoms with Gasteiger partial charge in [0.25, 0.3) is 0 Å². The smallest absolute Gasteiger partial charge is 0.243 e. The lowest BCUT2D eigenvalue weighted by Crippen LogP contribution is -2.48. The van der Waals surface area contributed by atoms with E-state index in [2.05, 4.69) is 48.6 Å². The predicted molar refractivity (Wildman–Crippen MR) is 160 cm³/mol. The summed E-state index contributed by atoms with van der Waals surface area (Å²) in [5.74, 6) is -0.185. The molecule has 1 amide bonds. The molecule has 10 heteroatoms. The maximum Gasteiger partial charge on any atom is 0.243 e. The van der Waals surface area contributed by atoms with E-state index in [-0.39, 0.29) is 36.5 Å². The molecule has 1 aromatic heterocycles. The van der Waals surface area contributed by atoms with Gasteiger partial charge in [-0.3, -0.25) is 4.79 Å². The van der Waals surface area contributed by atoms with Crippen molar-refractivity contribution in [1.29, 1.82) is 0 Å². The van der Waals surface area contributed by atoms with Crippen molar-refractivity contribution in [1.82, 2.24) is 13.8 Å². The maximum atomic E-state index is 13.9. The molecule has 4 rings (SSSR count). The molecule has 2 aromatic carbocycles. The summed E-state index contributed by atoms with van der Waals surface area (Å²) in [6.07, 6.45) is 7.19. The van der Waals surface area contributed by atoms with Gasteiger partial charge in [-0.25, -0.2) is 8.42 Å². The Kier molecular flexibility index (Phi) is 10.8. The second-order valence-electron chi connectivity index (χ2n) is 9.85. The Balaban J connectivity index is 1.58. The van der Waals surface area contributed by atoms with E-state index < -0.39 is 10.0 Å². The van der Waals surface area contributed by atoms with Crippen LogP contribution in [0.2, 0.25) is 0 Å². The van der Waals surface area contributed by atoms with Crippen LogP contribution in [0.25, 0.3) is 0 Å². The van der Waals surface area contributed by atoms with Gasteiger partial charge in [-0.05, 0) is 66.9 Å². The quantitative estimate of drug-likeness (QED) is 0.233. The number of methoxy groups -OCH3 is 1. The first-order chi connectivity index (χ1) is 18.8. The van der Waals surface area contributed by atoms with Gasteiger partial charge in [0.1, 0.15) is 0 Å². The minimum absolute atomic E-state index is 0.0851. The number of nitrogens with zero attached hydrogens (tertiary/aromatic N) is 3. The van der Waals surface area contributed by atoms with Crippen molar-refractivity contribution in [2.75, 3.05) is 26.8 Å². The van der Waals surface area contributed by atoms with Gasteiger partial charge in [0, 0.05) is 47.1 Å². The second-order valence-corrected chi connectivity index (χ2v) is 13.6. The van der Waals surface area contributed by atoms with Crippen molar-refractivity contribution in [3.05, 3.63) is 87.1 Å². The minimum Gasteiger partial charge on any atom is -0.383 e. The predicted octanol–water partition coefficient (Wildman–Crippen LogP) is 6.06. The largest absolute Gasteiger partial charge is 0.383 e. The van der Waals surface area contributed by atoms with Gasteiger partial charge < -0.3 is 14.2 Å². The highest BCUT2D eigenvalue weighted by molar-refractivity contribution is 9.10. The molecule has 39 heavy (non-hydrogen) atoms. The van der Waals surface area contributed by atoms with Gasteiger partial charge in [-0.15, -0.1) is 0 Å². The SMILES string of the molecule is COCCN(CC(=O)N(Cc1cccn1Cc1ccc(Br)cc1)C1CCCCC1)S(=O)(=O)c1ccc(Br)cc1. The number of hydrogen-bond donors (Lipinski definition) is 0. The van der Waals surface area contributed by atoms with Gasteiger partial charge in [-0.2, -0.15) is 4.31 Å². The summed E-state index contributed by atoms with van der Waals surface area (Å²) in [4.78, 5) is 16.0. The summed E-state index contributed by atoms with van der Waals surface area (Å²) >= 11 is 6.85. The van der Waals surface area contributed by atoms with Gasteiger partial charge in [0.2, 0.25) is 15.9 Å². The molecule has 0 spiro atoms. The normalized spacial score (nSPS) is 14.6. The number of rotatable bonds is 12. The molecule has 0 saturated heterocycles. The van der Waals surface area contributed by atoms with Crippen molar-refractivity contribution in [3.63, 3.8) is 0 Å². The Morgan fingerprint density at radius 3 is 2.26 bits per heavy atom. The van der Waals surface area contributed by atoms with Crippen LogP contribution in [0.5, 0.6) is 0 Å². The molecule has 0 atom stereocenters. The molecule has 0 unspecified atom stereocenters. The topological polar surface area (TPSA) is 71.8 Å². The van der Waals surface area contributed by atoms with E-state index in [1.165, 1.54) is 11.4 Å². The highest BCUT2D eigenvalue weighted by Crippen LogP contribution is 2.26. The van der Waals surface area contributed by atoms with Crippen LogP contribution in [0.3, 0.4) is 0 Å². The minimum atomic E-state index is -3.89. The molecular weight excluding hydrogens is 646 g/mol. The molecule has 1 fully saturated rings. The summed E-state index contributed by atoms with van der Waals surface area (Å²) in [6.45, 7) is 1.19. The van der Waals surface area contributed by atoms with Gasteiger partial charge in [0.15, 0.2) is 0 Å². The molecule has 7 nitrogen and oxygen atoms in total. The van der Waals surface area contributed by atoms with Crippen LogP contribution in [0.15, 0.2) is 80.7 Å². The molecule has 3 aromatic rings. The number of aromatic nitrogens is 1. The number of ether oxygens (including phenoxy) is 1. The molecule has 0 aliphatic heterocycles. The third-order valence-electron chi connectivity index (χ3n) is 7.17. The number of sulfonamides is 1. The van der Waals surface area contributed by atoms with E-state index >= 15 is 0 Å². The monoisotopic (exact) mass is 679 g/mol. The Morgan fingerprint density at radius 2 is 1.62 bits per heavy atom. The molecule has 1 aliphatic rings. The fourth-order valence-corrected chi connectivity index (χ4v) is 6.90. The summed E-state index contributed by atoms with van der Waals surface area (Å²) < 4.78 is 37.5. The average Bonchev–Trinajstić information content (AvgIpc) is 3.37. The van der Waals surface area contributed by atoms with Crippen LogP contribution >= 0.6 is 31.9 Å². The van der Waals surface area contributed by atoms with Crippen molar-refractivity contribution >= 4 is 47.8 Å². The fraction of sp³-hybridized carbons (Fsp3) is 0.414. The Hall–Kier alpha value is -1.98. The summed E-state index contributed by atoms with van der Waals surface area (Å²) in [5.41, 5.74) is 2.19. The summed E-state index contributed by atoms with van der Waals surface area (Å²) in [7, 11) is -2.36. The number of halogens is 2. The lowest BCUT2D eigenvalue weighted by atomic mass is 9.94. The van der Waals surface area contributed by atoms with Crippen molar-refractivity contribution in [2.24, 2.45) is 0 Å². The van der Waals surface area contributed by atoms with Crippen LogP contribution < -0.4 is 0 Å². The fourth-order valence-electron chi connectivity index (χ4n) is 5.00. The van der Waals surface area contributed by atoms with E-state index in [0.29, 0.717) is 13.1 Å². The van der Waals surface area contributed by atoms with E-state index in [1.807, 2.05) is 35.4 Å². The van der Waals surface area contributed by atoms with Gasteiger partial charge in [-0.1, -0.05) is 63.3 Å². The lowest BCUT2D eigenvalue weighted by molar-refractivity contribution is -0.135. The molecule has 1 heterocycles. The van der Waals surface area contributed by atoms with Crippen LogP contribution in [0.1, 0.15) is 43.4 Å². The highest BCUT2D eigenvalue weighted by Gasteiger charge is 2.32. The number of benzene rings is 2. The number of carbonyl (C=O) groups excluding carboxylic acids is 1. The van der Waals surface area contributed by atoms with Crippen LogP contribution in [0.4, 0.5) is 0 Å². The average molecular weight is 681 g/mol. The maximum absolute atomic E-state index is 13.9. The van der Waals surface area contributed by atoms with Gasteiger partial charge in [0.05, 0.1) is 24.6 Å². The Bertz CT molecular complexity index is 1320. The molecule has 0 N–H and O–H groups in total. The zero-order valence-corrected chi connectivity index (χ0v) is 26.1. The molecule has 1 saturated carbocycles. The standard InChI is InChI=1S/C29H35Br2N3O4S/c1-38-19-18-33(39(36,37)28-15-13-25(31)14-16-28)22-29(35)34(26-6-3-2-4-7-26)21-27-8-5-17-32(27)20-23-9-11-24(30)12-10-23/h5,8-17,26H,2-4,6-7,18-22H2,1H3. The van der Waals surface area contributed by atoms with Gasteiger partial charge >= 0.3 is 0 Å². The third-order valence-corrected chi connectivity index (χ3v) is 10.1. The van der Waals surface area contributed by atoms with E-state index in [0.717, 1.165) is 52.3 Å². The first-order valence-electron chi connectivity index (χ1n) is 13.2. The van der Waals surface area contributed by atoms with Crippen LogP contribution in [-0.4, -0.2) is 60.9 Å².